The summed E-state index contributed by atoms with van der Waals surface area (Å²) in [5.74, 6) is -0.570. The molecule has 0 radical (unpaired) electrons. The molecule has 2 aliphatic rings. The van der Waals surface area contributed by atoms with Gasteiger partial charge in [0.2, 0.25) is 11.8 Å². The molecule has 5 amide bonds. The average Bonchev–Trinajstić information content (AvgIpc) is 3.13. The molecule has 0 bridgehead atoms. The van der Waals surface area contributed by atoms with E-state index < -0.39 is 12.2 Å². The molecule has 3 aromatic carbocycles. The number of carbonyl (C=O) groups is 4. The number of alkyl carbamates (subject to hydrolysis) is 1. The first-order valence-corrected chi connectivity index (χ1v) is 17.4. The van der Waals surface area contributed by atoms with Crippen LogP contribution >= 0.6 is 0 Å². The van der Waals surface area contributed by atoms with Gasteiger partial charge >= 0.3 is 12.1 Å². The monoisotopic (exact) mass is 700 g/mol. The number of amides is 5. The van der Waals surface area contributed by atoms with E-state index in [1.54, 1.807) is 42.1 Å². The lowest BCUT2D eigenvalue weighted by Crippen LogP contribution is -2.75. The number of ether oxygens (including phenoxy) is 1. The molecule has 0 saturated carbocycles. The molecule has 0 aliphatic carbocycles. The minimum Gasteiger partial charge on any atom is -0.445 e. The normalized spacial score (nSPS) is 17.3. The first-order chi connectivity index (χ1) is 24.6. The molecule has 12 heteroatoms. The largest absolute Gasteiger partial charge is 0.445 e. The lowest BCUT2D eigenvalue weighted by atomic mass is 9.88. The van der Waals surface area contributed by atoms with Crippen molar-refractivity contribution in [3.05, 3.63) is 120 Å². The number of likely N-dealkylation sites (N-methyl/N-ethyl adjacent to an activating group) is 1. The van der Waals surface area contributed by atoms with Gasteiger partial charge in [-0.1, -0.05) is 98.8 Å². The van der Waals surface area contributed by atoms with Gasteiger partial charge in [0, 0.05) is 32.6 Å². The van der Waals surface area contributed by atoms with Gasteiger partial charge < -0.3 is 25.2 Å². The van der Waals surface area contributed by atoms with Crippen LogP contribution in [-0.2, 0) is 20.9 Å². The summed E-state index contributed by atoms with van der Waals surface area (Å²) in [6.07, 6.45) is 3.29. The van der Waals surface area contributed by atoms with Gasteiger partial charge in [-0.2, -0.15) is 0 Å². The predicted molar refractivity (Wildman–Crippen MR) is 194 cm³/mol. The molecule has 0 unspecified atom stereocenters. The fourth-order valence-electron chi connectivity index (χ4n) is 6.26. The minimum atomic E-state index is -0.695. The number of carbonyl (C=O) groups excluding carboxylic acids is 4. The number of nitrogens with one attached hydrogen (secondary N) is 2. The second-order valence-corrected chi connectivity index (χ2v) is 12.5. The molecule has 51 heavy (non-hydrogen) atoms. The smallest absolute Gasteiger partial charge is 0.407 e. The number of fused-ring (bicyclic) bond motifs is 1. The summed E-state index contributed by atoms with van der Waals surface area (Å²) in [5, 5.41) is 8.61. The highest BCUT2D eigenvalue weighted by atomic mass is 19.1. The van der Waals surface area contributed by atoms with Crippen molar-refractivity contribution in [3.8, 4) is 0 Å². The number of benzene rings is 3. The number of hydrogen-bond donors (Lipinski definition) is 2. The quantitative estimate of drug-likeness (QED) is 0.191. The Morgan fingerprint density at radius 1 is 0.980 bits per heavy atom. The molecular weight excluding hydrogens is 651 g/mol. The summed E-state index contributed by atoms with van der Waals surface area (Å²) in [7, 11) is 1.69. The van der Waals surface area contributed by atoms with Gasteiger partial charge in [-0.15, -0.1) is 0 Å². The van der Waals surface area contributed by atoms with Crippen LogP contribution in [0.4, 0.5) is 14.0 Å². The molecule has 5 rings (SSSR count). The van der Waals surface area contributed by atoms with Crippen LogP contribution in [0.1, 0.15) is 55.7 Å². The molecule has 2 aliphatic heterocycles. The van der Waals surface area contributed by atoms with Crippen LogP contribution in [0.15, 0.2) is 97.6 Å². The average molecular weight is 701 g/mol. The van der Waals surface area contributed by atoms with Gasteiger partial charge in [0.25, 0.3) is 0 Å². The maximum Gasteiger partial charge on any atom is 0.407 e. The highest BCUT2D eigenvalue weighted by Crippen LogP contribution is 2.30. The van der Waals surface area contributed by atoms with Crippen molar-refractivity contribution in [1.29, 1.82) is 0 Å². The van der Waals surface area contributed by atoms with Crippen LogP contribution in [0, 0.1) is 5.82 Å². The zero-order valence-corrected chi connectivity index (χ0v) is 29.7. The van der Waals surface area contributed by atoms with Gasteiger partial charge in [-0.3, -0.25) is 9.59 Å². The first kappa shape index (κ1) is 38.6. The van der Waals surface area contributed by atoms with Crippen LogP contribution in [0.25, 0.3) is 0 Å². The summed E-state index contributed by atoms with van der Waals surface area (Å²) in [6, 6.07) is 25.3. The number of nitrogens with zero attached hydrogens (tertiary/aromatic N) is 4. The number of hydrogen-bond acceptors (Lipinski definition) is 6. The van der Waals surface area contributed by atoms with Crippen molar-refractivity contribution in [1.82, 2.24) is 30.5 Å². The van der Waals surface area contributed by atoms with Crippen molar-refractivity contribution in [2.45, 2.75) is 57.8 Å². The second-order valence-electron chi connectivity index (χ2n) is 12.5. The van der Waals surface area contributed by atoms with Crippen LogP contribution in [-0.4, -0.2) is 95.8 Å². The van der Waals surface area contributed by atoms with Crippen LogP contribution < -0.4 is 10.6 Å². The van der Waals surface area contributed by atoms with Gasteiger partial charge in [0.05, 0.1) is 13.1 Å². The molecule has 2 heterocycles. The molecule has 2 saturated heterocycles. The van der Waals surface area contributed by atoms with Crippen LogP contribution in [0.3, 0.4) is 0 Å². The Labute approximate surface area is 300 Å². The topological polar surface area (TPSA) is 115 Å². The summed E-state index contributed by atoms with van der Waals surface area (Å²) in [6.45, 7) is 9.06. The summed E-state index contributed by atoms with van der Waals surface area (Å²) < 4.78 is 18.0. The number of rotatable bonds is 12. The van der Waals surface area contributed by atoms with Crippen molar-refractivity contribution < 1.29 is 28.3 Å². The van der Waals surface area contributed by atoms with Crippen molar-refractivity contribution >= 4 is 23.9 Å². The highest BCUT2D eigenvalue weighted by Gasteiger charge is 2.49. The Hall–Kier alpha value is -5.23. The van der Waals surface area contributed by atoms with Crippen molar-refractivity contribution in [2.24, 2.45) is 0 Å². The minimum absolute atomic E-state index is 0.0117. The highest BCUT2D eigenvalue weighted by molar-refractivity contribution is 5.91. The molecule has 2 atom stereocenters. The maximum atomic E-state index is 13.5. The first-order valence-electron chi connectivity index (χ1n) is 17.4. The van der Waals surface area contributed by atoms with E-state index in [0.717, 1.165) is 18.4 Å². The fourth-order valence-corrected chi connectivity index (χ4v) is 6.26. The fraction of sp³-hybridized carbons (Fsp3) is 0.385. The van der Waals surface area contributed by atoms with Crippen molar-refractivity contribution in [2.75, 3.05) is 39.8 Å². The Bertz CT molecular complexity index is 1550. The molecule has 11 nitrogen and oxygen atoms in total. The zero-order valence-electron chi connectivity index (χ0n) is 29.7. The number of piperazine rings is 1. The van der Waals surface area contributed by atoms with E-state index in [9.17, 15) is 23.6 Å². The number of urea groups is 1. The van der Waals surface area contributed by atoms with Gasteiger partial charge in [-0.05, 0) is 48.6 Å². The lowest BCUT2D eigenvalue weighted by molar-refractivity contribution is -0.185. The van der Waals surface area contributed by atoms with E-state index in [1.807, 2.05) is 36.4 Å². The summed E-state index contributed by atoms with van der Waals surface area (Å²) in [5.41, 5.74) is 3.09. The molecular formula is C39H49FN6O5. The summed E-state index contributed by atoms with van der Waals surface area (Å²) >= 11 is 0. The van der Waals surface area contributed by atoms with E-state index in [2.05, 4.69) is 53.1 Å². The zero-order chi connectivity index (χ0) is 36.8. The van der Waals surface area contributed by atoms with Crippen LogP contribution in [0.5, 0.6) is 0 Å². The maximum absolute atomic E-state index is 13.5. The summed E-state index contributed by atoms with van der Waals surface area (Å²) in [4.78, 5) is 53.9. The van der Waals surface area contributed by atoms with E-state index >= 15 is 0 Å². The van der Waals surface area contributed by atoms with Gasteiger partial charge in [0.1, 0.15) is 24.6 Å². The molecule has 0 aromatic heterocycles. The van der Waals surface area contributed by atoms with E-state index in [4.69, 9.17) is 0 Å². The van der Waals surface area contributed by atoms with E-state index in [-0.39, 0.29) is 61.9 Å². The second kappa shape index (κ2) is 19.2. The molecule has 0 spiro atoms. The Morgan fingerprint density at radius 3 is 2.20 bits per heavy atom. The third-order valence-electron chi connectivity index (χ3n) is 8.88. The van der Waals surface area contributed by atoms with E-state index in [0.29, 0.717) is 19.5 Å². The van der Waals surface area contributed by atoms with Crippen LogP contribution in [0.2, 0.25) is 0 Å². The number of unbranched alkanes of at least 4 members (excludes halogenated alkanes) is 1. The standard InChI is InChI=1S/C31H34FN5O3.C8H15NO2/c1-22-30(39)35(18-17-27(24-9-5-3-6-10-24)25-11-7-4-8-12-25)20-28-36(22)29(38)21-34(2)37(28)31(40)33-19-23-13-15-26(32)16-14-23;1-3-5-6-9-8(10)11-7-4-2/h3-16,22,27-28H,17-21H2,1-2H3,(H,33,40);4H,2-3,5-7H2,1H3,(H,9,10)/t22-,28-;/m0./s1. The Morgan fingerprint density at radius 2 is 1.61 bits per heavy atom. The van der Waals surface area contributed by atoms with Crippen molar-refractivity contribution in [3.63, 3.8) is 0 Å². The molecule has 272 valence electrons. The number of halogens is 1. The van der Waals surface area contributed by atoms with Gasteiger partial charge in [-0.25, -0.2) is 24.0 Å². The molecule has 3 aromatic rings. The van der Waals surface area contributed by atoms with E-state index in [1.165, 1.54) is 33.2 Å². The Kier molecular flexibility index (Phi) is 14.5. The lowest BCUT2D eigenvalue weighted by Gasteiger charge is -2.54. The third-order valence-corrected chi connectivity index (χ3v) is 8.88. The Balaban J connectivity index is 0.000000459. The van der Waals surface area contributed by atoms with Gasteiger partial charge in [0.15, 0.2) is 0 Å². The molecule has 2 fully saturated rings. The molecule has 2 N–H and O–H groups in total. The number of hydrazine groups is 1. The predicted octanol–water partition coefficient (Wildman–Crippen LogP) is 5.50. The third kappa shape index (κ3) is 10.6. The SMILES string of the molecule is C=CCOC(=O)NCCCC.C[C@H]1C(=O)N(CCC(c2ccccc2)c2ccccc2)C[C@H]2N1C(=O)CN(C)N2C(=O)NCc1ccc(F)cc1.